The molecule has 0 saturated carbocycles. The largest absolute Gasteiger partial charge is 0.308 e. The maximum atomic E-state index is 8.71. The molecule has 0 unspecified atom stereocenters. The van der Waals surface area contributed by atoms with E-state index in [4.69, 9.17) is 16.8 Å². The normalized spacial score (nSPS) is 13.4. The number of aromatic nitrogens is 4. The molecule has 0 saturated heterocycles. The lowest BCUT2D eigenvalue weighted by molar-refractivity contribution is 1.17. The zero-order valence-corrected chi connectivity index (χ0v) is 25.0. The Morgan fingerprint density at radius 2 is 1.39 bits per heavy atom. The summed E-state index contributed by atoms with van der Waals surface area (Å²) < 4.78 is 47.0. The van der Waals surface area contributed by atoms with E-state index in [-0.39, 0.29) is 23.3 Å². The number of rotatable bonds is 3. The summed E-state index contributed by atoms with van der Waals surface area (Å²) in [5.74, 6) is 0.359. The lowest BCUT2D eigenvalue weighted by atomic mass is 9.99. The van der Waals surface area contributed by atoms with E-state index in [1.165, 1.54) is 36.3 Å². The fraction of sp³-hybridized carbons (Fsp3) is 0. The Hall–Kier alpha value is -5.91. The van der Waals surface area contributed by atoms with Crippen molar-refractivity contribution >= 4 is 75.1 Å². The summed E-state index contributed by atoms with van der Waals surface area (Å²) >= 11 is 1.81. The summed E-state index contributed by atoms with van der Waals surface area (Å²) in [6.07, 6.45) is 1.59. The molecule has 0 aliphatic heterocycles. The molecule has 4 nitrogen and oxygen atoms in total. The molecular formula is C41H24N4S. The van der Waals surface area contributed by atoms with Gasteiger partial charge in [0, 0.05) is 49.3 Å². The number of hydrogen-bond donors (Lipinski definition) is 0. The van der Waals surface area contributed by atoms with E-state index in [0.717, 1.165) is 22.1 Å². The predicted molar refractivity (Wildman–Crippen MR) is 193 cm³/mol. The van der Waals surface area contributed by atoms with E-state index in [9.17, 15) is 0 Å². The van der Waals surface area contributed by atoms with Gasteiger partial charge in [-0.2, -0.15) is 0 Å². The van der Waals surface area contributed by atoms with Crippen molar-refractivity contribution in [3.63, 3.8) is 0 Å². The molecule has 0 amide bonds. The smallest absolute Gasteiger partial charge is 0.160 e. The Balaban J connectivity index is 1.28. The molecule has 5 heteroatoms. The maximum Gasteiger partial charge on any atom is 0.160 e. The summed E-state index contributed by atoms with van der Waals surface area (Å²) in [4.78, 5) is 14.3. The van der Waals surface area contributed by atoms with Crippen LogP contribution in [0.4, 0.5) is 0 Å². The van der Waals surface area contributed by atoms with Crippen molar-refractivity contribution in [3.8, 4) is 28.3 Å². The van der Waals surface area contributed by atoms with E-state index < -0.39 is 18.1 Å². The van der Waals surface area contributed by atoms with Gasteiger partial charge >= 0.3 is 0 Å². The van der Waals surface area contributed by atoms with Gasteiger partial charge in [-0.1, -0.05) is 103 Å². The average Bonchev–Trinajstić information content (AvgIpc) is 3.73. The van der Waals surface area contributed by atoms with Crippen LogP contribution in [-0.4, -0.2) is 19.5 Å². The van der Waals surface area contributed by atoms with Gasteiger partial charge in [0.15, 0.2) is 5.82 Å². The highest BCUT2D eigenvalue weighted by Gasteiger charge is 2.22. The van der Waals surface area contributed by atoms with Crippen LogP contribution in [0.25, 0.3) is 92.1 Å². The van der Waals surface area contributed by atoms with Crippen LogP contribution in [-0.2, 0) is 0 Å². The van der Waals surface area contributed by atoms with Gasteiger partial charge in [-0.3, -0.25) is 4.98 Å². The van der Waals surface area contributed by atoms with Crippen LogP contribution in [0.2, 0.25) is 0 Å². The minimum absolute atomic E-state index is 0.00839. The van der Waals surface area contributed by atoms with E-state index >= 15 is 0 Å². The third-order valence-corrected chi connectivity index (χ3v) is 9.88. The van der Waals surface area contributed by atoms with Crippen LogP contribution in [0.3, 0.4) is 0 Å². The van der Waals surface area contributed by atoms with Crippen molar-refractivity contribution in [1.82, 2.24) is 19.5 Å². The van der Waals surface area contributed by atoms with Gasteiger partial charge in [0.05, 0.1) is 28.1 Å². The zero-order chi connectivity index (χ0) is 34.5. The minimum Gasteiger partial charge on any atom is -0.308 e. The molecule has 0 bridgehead atoms. The summed E-state index contributed by atoms with van der Waals surface area (Å²) in [5.41, 5.74) is 4.88. The first-order valence-electron chi connectivity index (χ1n) is 17.5. The highest BCUT2D eigenvalue weighted by molar-refractivity contribution is 7.27. The number of pyridine rings is 1. The summed E-state index contributed by atoms with van der Waals surface area (Å²) in [5, 5.41) is 7.26. The first-order valence-corrected chi connectivity index (χ1v) is 15.8. The van der Waals surface area contributed by atoms with Crippen molar-refractivity contribution in [1.29, 1.82) is 0 Å². The molecule has 0 fully saturated rings. The lowest BCUT2D eigenvalue weighted by Crippen LogP contribution is -1.98. The van der Waals surface area contributed by atoms with Gasteiger partial charge in [0.25, 0.3) is 0 Å². The zero-order valence-electron chi connectivity index (χ0n) is 29.2. The van der Waals surface area contributed by atoms with E-state index in [1.54, 1.807) is 29.7 Å². The van der Waals surface area contributed by atoms with Gasteiger partial charge in [-0.25, -0.2) is 9.97 Å². The van der Waals surface area contributed by atoms with Crippen LogP contribution in [0.5, 0.6) is 0 Å². The minimum atomic E-state index is -0.459. The first-order chi connectivity index (χ1) is 24.9. The molecular weight excluding hydrogens is 581 g/mol. The monoisotopic (exact) mass is 609 g/mol. The SMILES string of the molecule is [2H]c1c([2H])c([2H])c(-c2nc(-c3cccc(-n4c5ccccc5c5c6ccccc6c6c7ccccc7sc6c54)c3)nc3cccnc23)c([2H])c1[2H]. The van der Waals surface area contributed by atoms with Crippen LogP contribution in [0.1, 0.15) is 6.85 Å². The standard InChI is InChI=1S/C41H24N4S/c1-2-12-25(13-3-1)37-38-32(20-11-23-42-38)43-41(44-37)26-14-10-15-27(24-26)45-33-21-8-6-18-30(33)35-28-16-4-5-17-29(28)36-31-19-7-9-22-34(31)46-40(36)39(35)45/h1-24H/i1D,2D,3D,12D,13D. The fourth-order valence-electron chi connectivity index (χ4n) is 6.82. The molecule has 0 N–H and O–H groups in total. The third kappa shape index (κ3) is 3.63. The Bertz CT molecular complexity index is 3080. The van der Waals surface area contributed by atoms with Gasteiger partial charge in [-0.15, -0.1) is 11.3 Å². The molecule has 0 spiro atoms. The lowest BCUT2D eigenvalue weighted by Gasteiger charge is -2.12. The number of para-hydroxylation sites is 1. The molecule has 10 aromatic rings. The molecule has 4 heterocycles. The quantitative estimate of drug-likeness (QED) is 0.200. The molecule has 0 radical (unpaired) electrons. The molecule has 0 aliphatic rings. The van der Waals surface area contributed by atoms with Gasteiger partial charge in [-0.05, 0) is 47.2 Å². The maximum absolute atomic E-state index is 8.71. The Labute approximate surface area is 274 Å². The molecule has 0 atom stereocenters. The summed E-state index contributed by atoms with van der Waals surface area (Å²) in [7, 11) is 0. The van der Waals surface area contributed by atoms with Gasteiger partial charge in [0.1, 0.15) is 11.2 Å². The summed E-state index contributed by atoms with van der Waals surface area (Å²) in [6, 6.07) is 35.4. The van der Waals surface area contributed by atoms with Crippen LogP contribution >= 0.6 is 11.3 Å². The first kappa shape index (κ1) is 20.9. The van der Waals surface area contributed by atoms with Crippen LogP contribution in [0.15, 0.2) is 146 Å². The van der Waals surface area contributed by atoms with Crippen LogP contribution in [0, 0.1) is 0 Å². The molecule has 4 aromatic heterocycles. The number of hydrogen-bond acceptors (Lipinski definition) is 4. The second kappa shape index (κ2) is 9.80. The van der Waals surface area contributed by atoms with Crippen molar-refractivity contribution in [3.05, 3.63) is 146 Å². The average molecular weight is 610 g/mol. The van der Waals surface area contributed by atoms with Crippen molar-refractivity contribution in [2.24, 2.45) is 0 Å². The third-order valence-electron chi connectivity index (χ3n) is 8.71. The van der Waals surface area contributed by atoms with Crippen LogP contribution < -0.4 is 0 Å². The van der Waals surface area contributed by atoms with E-state index in [2.05, 4.69) is 94.5 Å². The molecule has 0 aliphatic carbocycles. The number of nitrogens with zero attached hydrogens (tertiary/aromatic N) is 4. The highest BCUT2D eigenvalue weighted by Crippen LogP contribution is 2.47. The number of thiophene rings is 1. The molecule has 6 aromatic carbocycles. The molecule has 214 valence electrons. The van der Waals surface area contributed by atoms with Crippen molar-refractivity contribution < 1.29 is 6.85 Å². The topological polar surface area (TPSA) is 43.6 Å². The highest BCUT2D eigenvalue weighted by atomic mass is 32.1. The number of fused-ring (bicyclic) bond motifs is 11. The Morgan fingerprint density at radius 1 is 0.630 bits per heavy atom. The van der Waals surface area contributed by atoms with Gasteiger partial charge in [0.2, 0.25) is 0 Å². The second-order valence-corrected chi connectivity index (χ2v) is 12.3. The fourth-order valence-corrected chi connectivity index (χ4v) is 8.08. The van der Waals surface area contributed by atoms with Crippen molar-refractivity contribution in [2.75, 3.05) is 0 Å². The van der Waals surface area contributed by atoms with Gasteiger partial charge < -0.3 is 4.57 Å². The Morgan fingerprint density at radius 3 is 2.26 bits per heavy atom. The summed E-state index contributed by atoms with van der Waals surface area (Å²) in [6.45, 7) is 0. The van der Waals surface area contributed by atoms with E-state index in [1.807, 2.05) is 12.1 Å². The van der Waals surface area contributed by atoms with Crippen molar-refractivity contribution in [2.45, 2.75) is 0 Å². The predicted octanol–water partition coefficient (Wildman–Crippen LogP) is 11.0. The molecule has 46 heavy (non-hydrogen) atoms. The Kier molecular flexibility index (Phi) is 4.46. The van der Waals surface area contributed by atoms with E-state index in [0.29, 0.717) is 22.4 Å². The second-order valence-electron chi connectivity index (χ2n) is 11.2. The number of benzene rings is 6. The molecule has 10 rings (SSSR count).